The van der Waals surface area contributed by atoms with Gasteiger partial charge in [-0.3, -0.25) is 4.68 Å². The minimum absolute atomic E-state index is 0.123. The van der Waals surface area contributed by atoms with E-state index in [1.54, 1.807) is 6.07 Å². The van der Waals surface area contributed by atoms with E-state index in [2.05, 4.69) is 9.82 Å². The van der Waals surface area contributed by atoms with E-state index in [4.69, 9.17) is 9.47 Å². The molecule has 2 rings (SSSR count). The number of benzene rings is 1. The summed E-state index contributed by atoms with van der Waals surface area (Å²) in [4.78, 5) is 0.123. The van der Waals surface area contributed by atoms with Crippen molar-refractivity contribution >= 4 is 10.0 Å². The standard InChI is InChI=1S/C16H23N3O4S/c1-6-19-12(3)14(11(2)18-19)10-17-24(20,21)13-7-8-15(22-4)16(9-13)23-5/h7-9,17H,6,10H2,1-5H3. The molecule has 0 fully saturated rings. The van der Waals surface area contributed by atoms with Gasteiger partial charge in [-0.15, -0.1) is 0 Å². The fourth-order valence-corrected chi connectivity index (χ4v) is 3.54. The highest BCUT2D eigenvalue weighted by molar-refractivity contribution is 7.89. The Morgan fingerprint density at radius 1 is 1.17 bits per heavy atom. The fraction of sp³-hybridized carbons (Fsp3) is 0.438. The van der Waals surface area contributed by atoms with Gasteiger partial charge in [0.25, 0.3) is 0 Å². The first-order valence-corrected chi connectivity index (χ1v) is 9.07. The Kier molecular flexibility index (Phi) is 5.51. The van der Waals surface area contributed by atoms with Crippen LogP contribution in [0.25, 0.3) is 0 Å². The van der Waals surface area contributed by atoms with E-state index in [1.165, 1.54) is 26.4 Å². The first-order chi connectivity index (χ1) is 11.3. The van der Waals surface area contributed by atoms with Crippen LogP contribution in [0.4, 0.5) is 0 Å². The smallest absolute Gasteiger partial charge is 0.241 e. The van der Waals surface area contributed by atoms with E-state index in [1.807, 2.05) is 25.5 Å². The molecule has 0 radical (unpaired) electrons. The topological polar surface area (TPSA) is 82.5 Å². The highest BCUT2D eigenvalue weighted by atomic mass is 32.2. The van der Waals surface area contributed by atoms with Gasteiger partial charge < -0.3 is 9.47 Å². The van der Waals surface area contributed by atoms with Crippen molar-refractivity contribution in [1.29, 1.82) is 0 Å². The Morgan fingerprint density at radius 3 is 2.38 bits per heavy atom. The zero-order chi connectivity index (χ0) is 17.9. The van der Waals surface area contributed by atoms with E-state index in [0.717, 1.165) is 23.5 Å². The van der Waals surface area contributed by atoms with Crippen molar-refractivity contribution in [2.45, 2.75) is 38.8 Å². The predicted octanol–water partition coefficient (Wildman–Crippen LogP) is 2.02. The third kappa shape index (κ3) is 3.54. The second kappa shape index (κ2) is 7.23. The van der Waals surface area contributed by atoms with E-state index >= 15 is 0 Å². The predicted molar refractivity (Wildman–Crippen MR) is 90.9 cm³/mol. The number of aryl methyl sites for hydroxylation is 2. The molecule has 132 valence electrons. The maximum Gasteiger partial charge on any atom is 0.241 e. The first kappa shape index (κ1) is 18.3. The number of nitrogens with zero attached hydrogens (tertiary/aromatic N) is 2. The van der Waals surface area contributed by atoms with Crippen molar-refractivity contribution in [2.75, 3.05) is 14.2 Å². The van der Waals surface area contributed by atoms with Gasteiger partial charge in [0, 0.05) is 30.4 Å². The Hall–Kier alpha value is -2.06. The number of nitrogens with one attached hydrogen (secondary N) is 1. The van der Waals surface area contributed by atoms with Crippen LogP contribution in [-0.2, 0) is 23.1 Å². The van der Waals surface area contributed by atoms with Crippen molar-refractivity contribution in [3.63, 3.8) is 0 Å². The van der Waals surface area contributed by atoms with E-state index in [0.29, 0.717) is 11.5 Å². The number of hydrogen-bond donors (Lipinski definition) is 1. The lowest BCUT2D eigenvalue weighted by Gasteiger charge is -2.11. The molecule has 0 aliphatic carbocycles. The van der Waals surface area contributed by atoms with Crippen LogP contribution in [0.5, 0.6) is 11.5 Å². The van der Waals surface area contributed by atoms with Crippen molar-refractivity contribution in [3.05, 3.63) is 35.2 Å². The van der Waals surface area contributed by atoms with Gasteiger partial charge in [0.1, 0.15) is 0 Å². The van der Waals surface area contributed by atoms with E-state index < -0.39 is 10.0 Å². The molecule has 7 nitrogen and oxygen atoms in total. The molecule has 0 bridgehead atoms. The highest BCUT2D eigenvalue weighted by Crippen LogP contribution is 2.29. The molecule has 0 aliphatic rings. The van der Waals surface area contributed by atoms with Crippen LogP contribution in [0, 0.1) is 13.8 Å². The summed E-state index contributed by atoms with van der Waals surface area (Å²) in [6.45, 7) is 6.74. The quantitative estimate of drug-likeness (QED) is 0.823. The molecular formula is C16H23N3O4S. The Labute approximate surface area is 142 Å². The summed E-state index contributed by atoms with van der Waals surface area (Å²) in [5.74, 6) is 0.846. The minimum atomic E-state index is -3.67. The summed E-state index contributed by atoms with van der Waals surface area (Å²) in [5.41, 5.74) is 2.68. The lowest BCUT2D eigenvalue weighted by Crippen LogP contribution is -2.24. The molecule has 0 unspecified atom stereocenters. The molecular weight excluding hydrogens is 330 g/mol. The Morgan fingerprint density at radius 2 is 1.83 bits per heavy atom. The number of sulfonamides is 1. The summed E-state index contributed by atoms with van der Waals surface area (Å²) >= 11 is 0. The lowest BCUT2D eigenvalue weighted by molar-refractivity contribution is 0.354. The molecule has 0 amide bonds. The average molecular weight is 353 g/mol. The zero-order valence-corrected chi connectivity index (χ0v) is 15.4. The van der Waals surface area contributed by atoms with Gasteiger partial charge in [0.2, 0.25) is 10.0 Å². The summed E-state index contributed by atoms with van der Waals surface area (Å²) < 4.78 is 39.8. The van der Waals surface area contributed by atoms with Gasteiger partial charge >= 0.3 is 0 Å². The van der Waals surface area contributed by atoms with Crippen molar-refractivity contribution in [1.82, 2.24) is 14.5 Å². The molecule has 0 saturated carbocycles. The molecule has 8 heteroatoms. The second-order valence-electron chi connectivity index (χ2n) is 5.31. The van der Waals surface area contributed by atoms with E-state index in [9.17, 15) is 8.42 Å². The maximum atomic E-state index is 12.5. The molecule has 1 N–H and O–H groups in total. The van der Waals surface area contributed by atoms with Gasteiger partial charge in [-0.05, 0) is 32.9 Å². The lowest BCUT2D eigenvalue weighted by atomic mass is 10.2. The fourth-order valence-electron chi connectivity index (χ4n) is 2.53. The third-order valence-corrected chi connectivity index (χ3v) is 5.33. The van der Waals surface area contributed by atoms with Gasteiger partial charge in [0.15, 0.2) is 11.5 Å². The number of rotatable bonds is 7. The molecule has 0 atom stereocenters. The van der Waals surface area contributed by atoms with Gasteiger partial charge in [-0.1, -0.05) is 0 Å². The normalized spacial score (nSPS) is 11.5. The molecule has 1 aromatic carbocycles. The third-order valence-electron chi connectivity index (χ3n) is 3.94. The number of ether oxygens (including phenoxy) is 2. The molecule has 1 heterocycles. The van der Waals surface area contributed by atoms with Crippen LogP contribution in [0.2, 0.25) is 0 Å². The Balaban J connectivity index is 2.25. The van der Waals surface area contributed by atoms with Crippen LogP contribution in [0.3, 0.4) is 0 Å². The maximum absolute atomic E-state index is 12.5. The summed E-state index contributed by atoms with van der Waals surface area (Å²) in [6.07, 6.45) is 0. The van der Waals surface area contributed by atoms with Crippen molar-refractivity contribution < 1.29 is 17.9 Å². The van der Waals surface area contributed by atoms with Gasteiger partial charge in [-0.2, -0.15) is 5.10 Å². The van der Waals surface area contributed by atoms with Gasteiger partial charge in [-0.25, -0.2) is 13.1 Å². The number of hydrogen-bond acceptors (Lipinski definition) is 5. The first-order valence-electron chi connectivity index (χ1n) is 7.58. The summed E-state index contributed by atoms with van der Waals surface area (Å²) in [7, 11) is -0.703. The average Bonchev–Trinajstić information content (AvgIpc) is 2.85. The van der Waals surface area contributed by atoms with Gasteiger partial charge in [0.05, 0.1) is 24.8 Å². The van der Waals surface area contributed by atoms with Crippen LogP contribution in [0.15, 0.2) is 23.1 Å². The molecule has 0 aliphatic heterocycles. The van der Waals surface area contributed by atoms with Crippen molar-refractivity contribution in [3.8, 4) is 11.5 Å². The van der Waals surface area contributed by atoms with Crippen LogP contribution in [0.1, 0.15) is 23.9 Å². The second-order valence-corrected chi connectivity index (χ2v) is 7.07. The summed E-state index contributed by atoms with van der Waals surface area (Å²) in [5, 5.41) is 4.40. The van der Waals surface area contributed by atoms with Crippen LogP contribution in [-0.4, -0.2) is 32.4 Å². The number of aromatic nitrogens is 2. The minimum Gasteiger partial charge on any atom is -0.493 e. The summed E-state index contributed by atoms with van der Waals surface area (Å²) in [6, 6.07) is 4.49. The molecule has 24 heavy (non-hydrogen) atoms. The molecule has 2 aromatic rings. The van der Waals surface area contributed by atoms with Crippen molar-refractivity contribution in [2.24, 2.45) is 0 Å². The van der Waals surface area contributed by atoms with Crippen LogP contribution >= 0.6 is 0 Å². The van der Waals surface area contributed by atoms with E-state index in [-0.39, 0.29) is 11.4 Å². The highest BCUT2D eigenvalue weighted by Gasteiger charge is 2.19. The molecule has 0 spiro atoms. The largest absolute Gasteiger partial charge is 0.493 e. The monoisotopic (exact) mass is 353 g/mol. The Bertz CT molecular complexity index is 828. The molecule has 0 saturated heterocycles. The zero-order valence-electron chi connectivity index (χ0n) is 14.6. The SMILES string of the molecule is CCn1nc(C)c(CNS(=O)(=O)c2ccc(OC)c(OC)c2)c1C. The van der Waals surface area contributed by atoms with Crippen LogP contribution < -0.4 is 14.2 Å². The molecule has 1 aromatic heterocycles. The number of methoxy groups -OCH3 is 2.